The average Bonchev–Trinajstić information content (AvgIpc) is 2.56. The quantitative estimate of drug-likeness (QED) is 0.754. The lowest BCUT2D eigenvalue weighted by Crippen LogP contribution is -2.36. The Kier molecular flexibility index (Phi) is 5.29. The summed E-state index contributed by atoms with van der Waals surface area (Å²) in [4.78, 5) is 14.1. The van der Waals surface area contributed by atoms with E-state index in [0.717, 1.165) is 51.4 Å². The summed E-state index contributed by atoms with van der Waals surface area (Å²) in [6, 6.07) is 5.49. The maximum atomic E-state index is 11.7. The lowest BCUT2D eigenvalue weighted by atomic mass is 10.1. The van der Waals surface area contributed by atoms with Crippen molar-refractivity contribution in [1.29, 1.82) is 0 Å². The molecule has 1 aromatic carbocycles. The number of hydrogen-bond donors (Lipinski definition) is 0. The molecule has 120 valence electrons. The summed E-state index contributed by atoms with van der Waals surface area (Å²) in [6.07, 6.45) is 2.61. The molecule has 22 heavy (non-hydrogen) atoms. The topological polar surface area (TPSA) is 48.0 Å². The Labute approximate surface area is 131 Å². The van der Waals surface area contributed by atoms with Crippen molar-refractivity contribution in [2.24, 2.45) is 0 Å². The number of carbonyl (C=O) groups is 1. The van der Waals surface area contributed by atoms with Crippen LogP contribution in [0.2, 0.25) is 0 Å². The van der Waals surface area contributed by atoms with Gasteiger partial charge in [-0.2, -0.15) is 0 Å². The monoisotopic (exact) mass is 305 g/mol. The Bertz CT molecular complexity index is 511. The van der Waals surface area contributed by atoms with E-state index >= 15 is 0 Å². The molecule has 0 atom stereocenters. The number of carbonyl (C=O) groups excluding carboxylic acids is 1. The van der Waals surface area contributed by atoms with E-state index < -0.39 is 0 Å². The molecule has 0 radical (unpaired) electrons. The number of Topliss-reactive ketones (excluding diaryl/α,β-unsaturated/α-hetero) is 1. The van der Waals surface area contributed by atoms with Crippen molar-refractivity contribution in [3.05, 3.63) is 23.8 Å². The van der Waals surface area contributed by atoms with Gasteiger partial charge in [0.05, 0.1) is 32.0 Å². The minimum atomic E-state index is 0.151. The molecule has 2 heterocycles. The summed E-state index contributed by atoms with van der Waals surface area (Å²) in [6.45, 7) is 6.04. The minimum absolute atomic E-state index is 0.151. The summed E-state index contributed by atoms with van der Waals surface area (Å²) in [5, 5.41) is 0. The fourth-order valence-electron chi connectivity index (χ4n) is 2.78. The van der Waals surface area contributed by atoms with E-state index in [4.69, 9.17) is 14.2 Å². The number of unbranched alkanes of at least 4 members (excludes halogenated alkanes) is 1. The Hall–Kier alpha value is -1.59. The molecule has 0 bridgehead atoms. The summed E-state index contributed by atoms with van der Waals surface area (Å²) < 4.78 is 16.6. The van der Waals surface area contributed by atoms with Crippen molar-refractivity contribution in [2.75, 3.05) is 46.1 Å². The first kappa shape index (κ1) is 15.3. The number of fused-ring (bicyclic) bond motifs is 1. The second-order valence-corrected chi connectivity index (χ2v) is 5.69. The first-order chi connectivity index (χ1) is 10.8. The third-order valence-electron chi connectivity index (χ3n) is 4.08. The van der Waals surface area contributed by atoms with Gasteiger partial charge in [0.15, 0.2) is 5.78 Å². The van der Waals surface area contributed by atoms with Crippen molar-refractivity contribution >= 4 is 5.78 Å². The zero-order chi connectivity index (χ0) is 15.2. The molecule has 0 unspecified atom stereocenters. The Morgan fingerprint density at radius 1 is 1.14 bits per heavy atom. The van der Waals surface area contributed by atoms with E-state index in [9.17, 15) is 4.79 Å². The van der Waals surface area contributed by atoms with Crippen LogP contribution in [0.1, 0.15) is 29.6 Å². The van der Waals surface area contributed by atoms with Crippen LogP contribution >= 0.6 is 0 Å². The maximum Gasteiger partial charge on any atom is 0.169 e. The minimum Gasteiger partial charge on any atom is -0.493 e. The summed E-state index contributed by atoms with van der Waals surface area (Å²) in [5.74, 6) is 1.58. The highest BCUT2D eigenvalue weighted by molar-refractivity contribution is 5.99. The highest BCUT2D eigenvalue weighted by atomic mass is 16.5. The van der Waals surface area contributed by atoms with Gasteiger partial charge in [-0.15, -0.1) is 0 Å². The van der Waals surface area contributed by atoms with Gasteiger partial charge in [-0.3, -0.25) is 9.69 Å². The molecular weight excluding hydrogens is 282 g/mol. The normalized spacial score (nSPS) is 18.6. The molecule has 2 aliphatic heterocycles. The molecule has 3 rings (SSSR count). The van der Waals surface area contributed by atoms with E-state index in [1.807, 2.05) is 12.1 Å². The van der Waals surface area contributed by atoms with Gasteiger partial charge in [0.1, 0.15) is 11.5 Å². The van der Waals surface area contributed by atoms with Crippen LogP contribution in [0.15, 0.2) is 18.2 Å². The summed E-state index contributed by atoms with van der Waals surface area (Å²) in [5.41, 5.74) is 0.672. The number of hydrogen-bond acceptors (Lipinski definition) is 5. The molecule has 0 saturated carbocycles. The van der Waals surface area contributed by atoms with Crippen LogP contribution in [0.25, 0.3) is 0 Å². The number of benzene rings is 1. The maximum absolute atomic E-state index is 11.7. The van der Waals surface area contributed by atoms with Gasteiger partial charge in [-0.1, -0.05) is 0 Å². The molecule has 1 saturated heterocycles. The lowest BCUT2D eigenvalue weighted by Gasteiger charge is -2.26. The van der Waals surface area contributed by atoms with Crippen molar-refractivity contribution in [3.8, 4) is 11.5 Å². The molecule has 5 heteroatoms. The molecule has 5 nitrogen and oxygen atoms in total. The molecule has 2 aliphatic rings. The fraction of sp³-hybridized carbons (Fsp3) is 0.588. The third kappa shape index (κ3) is 3.99. The van der Waals surface area contributed by atoms with Gasteiger partial charge < -0.3 is 14.2 Å². The van der Waals surface area contributed by atoms with Gasteiger partial charge >= 0.3 is 0 Å². The zero-order valence-corrected chi connectivity index (χ0v) is 12.9. The molecule has 0 spiro atoms. The van der Waals surface area contributed by atoms with Gasteiger partial charge in [-0.05, 0) is 31.5 Å². The van der Waals surface area contributed by atoms with Gasteiger partial charge in [-0.25, -0.2) is 0 Å². The van der Waals surface area contributed by atoms with Crippen molar-refractivity contribution in [2.45, 2.75) is 19.3 Å². The summed E-state index contributed by atoms with van der Waals surface area (Å²) in [7, 11) is 0. The van der Waals surface area contributed by atoms with E-state index in [-0.39, 0.29) is 5.78 Å². The van der Waals surface area contributed by atoms with E-state index in [1.165, 1.54) is 0 Å². The SMILES string of the molecule is O=C1CCOc2cc(OCCCCN3CCOCC3)ccc21. The van der Waals surface area contributed by atoms with Crippen LogP contribution in [-0.2, 0) is 4.74 Å². The molecule has 0 aliphatic carbocycles. The highest BCUT2D eigenvalue weighted by Gasteiger charge is 2.18. The molecular formula is C17H23NO4. The Morgan fingerprint density at radius 3 is 2.86 bits per heavy atom. The van der Waals surface area contributed by atoms with Crippen LogP contribution in [-0.4, -0.2) is 56.7 Å². The average molecular weight is 305 g/mol. The number of rotatable bonds is 6. The van der Waals surface area contributed by atoms with Gasteiger partial charge in [0.2, 0.25) is 0 Å². The first-order valence-electron chi connectivity index (χ1n) is 8.06. The standard InChI is InChI=1S/C17H23NO4/c19-16-5-10-22-17-13-14(3-4-15(16)17)21-9-2-1-6-18-7-11-20-12-8-18/h3-4,13H,1-2,5-12H2. The van der Waals surface area contributed by atoms with Gasteiger partial charge in [0.25, 0.3) is 0 Å². The molecule has 0 N–H and O–H groups in total. The van der Waals surface area contributed by atoms with Gasteiger partial charge in [0, 0.05) is 25.6 Å². The van der Waals surface area contributed by atoms with E-state index in [1.54, 1.807) is 6.07 Å². The van der Waals surface area contributed by atoms with Crippen LogP contribution < -0.4 is 9.47 Å². The van der Waals surface area contributed by atoms with Crippen LogP contribution in [0.3, 0.4) is 0 Å². The number of ketones is 1. The zero-order valence-electron chi connectivity index (χ0n) is 12.9. The number of ether oxygens (including phenoxy) is 3. The molecule has 1 fully saturated rings. The number of nitrogens with zero attached hydrogens (tertiary/aromatic N) is 1. The van der Waals surface area contributed by atoms with E-state index in [0.29, 0.717) is 30.9 Å². The lowest BCUT2D eigenvalue weighted by molar-refractivity contribution is 0.0368. The van der Waals surface area contributed by atoms with Crippen molar-refractivity contribution in [1.82, 2.24) is 4.90 Å². The highest BCUT2D eigenvalue weighted by Crippen LogP contribution is 2.29. The van der Waals surface area contributed by atoms with Crippen molar-refractivity contribution < 1.29 is 19.0 Å². The fourth-order valence-corrected chi connectivity index (χ4v) is 2.78. The molecule has 1 aromatic rings. The Morgan fingerprint density at radius 2 is 2.00 bits per heavy atom. The second-order valence-electron chi connectivity index (χ2n) is 5.69. The summed E-state index contributed by atoms with van der Waals surface area (Å²) >= 11 is 0. The first-order valence-corrected chi connectivity index (χ1v) is 8.06. The largest absolute Gasteiger partial charge is 0.493 e. The predicted octanol–water partition coefficient (Wildman–Crippen LogP) is 2.14. The Balaban J connectivity index is 1.39. The molecule has 0 amide bonds. The van der Waals surface area contributed by atoms with Crippen LogP contribution in [0.5, 0.6) is 11.5 Å². The van der Waals surface area contributed by atoms with E-state index in [2.05, 4.69) is 4.90 Å². The third-order valence-corrected chi connectivity index (χ3v) is 4.08. The van der Waals surface area contributed by atoms with Crippen LogP contribution in [0.4, 0.5) is 0 Å². The van der Waals surface area contributed by atoms with Crippen molar-refractivity contribution in [3.63, 3.8) is 0 Å². The number of morpholine rings is 1. The molecule has 0 aromatic heterocycles. The predicted molar refractivity (Wildman–Crippen MR) is 82.9 cm³/mol. The smallest absolute Gasteiger partial charge is 0.169 e. The van der Waals surface area contributed by atoms with Crippen LogP contribution in [0, 0.1) is 0 Å². The second kappa shape index (κ2) is 7.61.